The Balaban J connectivity index is 1.90. The van der Waals surface area contributed by atoms with Crippen LogP contribution in [0, 0.1) is 10.1 Å². The van der Waals surface area contributed by atoms with Gasteiger partial charge in [-0.2, -0.15) is 0 Å². The van der Waals surface area contributed by atoms with Gasteiger partial charge in [-0.05, 0) is 30.3 Å². The zero-order valence-corrected chi connectivity index (χ0v) is 15.4. The second-order valence-electron chi connectivity index (χ2n) is 4.70. The molecule has 0 fully saturated rings. The normalized spacial score (nSPS) is 11.2. The van der Waals surface area contributed by atoms with E-state index in [-0.39, 0.29) is 22.2 Å². The third-order valence-corrected chi connectivity index (χ3v) is 5.44. The van der Waals surface area contributed by atoms with Crippen LogP contribution in [0.15, 0.2) is 51.8 Å². The molecule has 24 heavy (non-hydrogen) atoms. The van der Waals surface area contributed by atoms with E-state index in [1.807, 2.05) is 0 Å². The monoisotopic (exact) mass is 433 g/mol. The Morgan fingerprint density at radius 3 is 2.38 bits per heavy atom. The maximum absolute atomic E-state index is 12.2. The van der Waals surface area contributed by atoms with Gasteiger partial charge in [0.25, 0.3) is 5.69 Å². The van der Waals surface area contributed by atoms with E-state index in [2.05, 4.69) is 26.0 Å². The number of nitrogens with one attached hydrogen (secondary N) is 2. The van der Waals surface area contributed by atoms with E-state index >= 15 is 0 Å². The van der Waals surface area contributed by atoms with Crippen LogP contribution < -0.4 is 10.0 Å². The second-order valence-corrected chi connectivity index (χ2v) is 7.76. The lowest BCUT2D eigenvalue weighted by atomic mass is 10.3. The van der Waals surface area contributed by atoms with Crippen molar-refractivity contribution in [3.05, 3.63) is 62.1 Å². The van der Waals surface area contributed by atoms with Gasteiger partial charge in [0.2, 0.25) is 10.0 Å². The van der Waals surface area contributed by atoms with Crippen molar-refractivity contribution in [1.29, 1.82) is 0 Å². The minimum absolute atomic E-state index is 0.00250. The first-order valence-corrected chi connectivity index (χ1v) is 9.38. The number of hydrogen-bond donors (Lipinski definition) is 2. The van der Waals surface area contributed by atoms with Crippen molar-refractivity contribution in [1.82, 2.24) is 4.72 Å². The van der Waals surface area contributed by atoms with Crippen LogP contribution >= 0.6 is 27.5 Å². The van der Waals surface area contributed by atoms with Crippen molar-refractivity contribution in [2.45, 2.75) is 4.90 Å². The summed E-state index contributed by atoms with van der Waals surface area (Å²) in [5.74, 6) is 0. The number of nitro benzene ring substituents is 1. The van der Waals surface area contributed by atoms with Gasteiger partial charge in [0, 0.05) is 35.4 Å². The van der Waals surface area contributed by atoms with Crippen molar-refractivity contribution in [3.63, 3.8) is 0 Å². The van der Waals surface area contributed by atoms with Crippen LogP contribution in [0.2, 0.25) is 5.02 Å². The molecule has 2 aromatic carbocycles. The number of benzene rings is 2. The Kier molecular flexibility index (Phi) is 6.16. The largest absolute Gasteiger partial charge is 0.384 e. The summed E-state index contributed by atoms with van der Waals surface area (Å²) in [4.78, 5) is 10.1. The maximum atomic E-state index is 12.2. The molecule has 2 aromatic rings. The molecule has 0 heterocycles. The lowest BCUT2D eigenvalue weighted by Crippen LogP contribution is -2.29. The number of nitrogens with zero attached hydrogens (tertiary/aromatic N) is 1. The van der Waals surface area contributed by atoms with Crippen LogP contribution in [0.5, 0.6) is 0 Å². The highest BCUT2D eigenvalue weighted by atomic mass is 79.9. The van der Waals surface area contributed by atoms with Crippen molar-refractivity contribution in [3.8, 4) is 0 Å². The molecule has 0 saturated heterocycles. The summed E-state index contributed by atoms with van der Waals surface area (Å²) in [5, 5.41) is 13.7. The van der Waals surface area contributed by atoms with Gasteiger partial charge in [-0.25, -0.2) is 13.1 Å². The summed E-state index contributed by atoms with van der Waals surface area (Å²) in [6.45, 7) is 0.441. The standard InChI is InChI=1S/C14H13BrClN3O4S/c15-10-1-6-14(13(16)9-10)24(22,23)18-8-7-17-11-2-4-12(5-3-11)19(20)21/h1-6,9,17-18H,7-8H2. The smallest absolute Gasteiger partial charge is 0.269 e. The van der Waals surface area contributed by atoms with Crippen molar-refractivity contribution >= 4 is 48.9 Å². The molecule has 0 atom stereocenters. The second kappa shape index (κ2) is 7.93. The van der Waals surface area contributed by atoms with Crippen molar-refractivity contribution < 1.29 is 13.3 Å². The van der Waals surface area contributed by atoms with Gasteiger partial charge in [-0.15, -0.1) is 0 Å². The predicted octanol–water partition coefficient (Wildman–Crippen LogP) is 3.40. The predicted molar refractivity (Wildman–Crippen MR) is 95.9 cm³/mol. The Morgan fingerprint density at radius 2 is 1.79 bits per heavy atom. The van der Waals surface area contributed by atoms with Crippen LogP contribution in [0.25, 0.3) is 0 Å². The number of anilines is 1. The topological polar surface area (TPSA) is 101 Å². The Hall–Kier alpha value is -1.68. The lowest BCUT2D eigenvalue weighted by molar-refractivity contribution is -0.384. The number of hydrogen-bond acceptors (Lipinski definition) is 5. The van der Waals surface area contributed by atoms with Gasteiger partial charge < -0.3 is 5.32 Å². The van der Waals surface area contributed by atoms with Gasteiger partial charge in [0.1, 0.15) is 4.90 Å². The molecule has 0 saturated carbocycles. The van der Waals surface area contributed by atoms with E-state index in [0.29, 0.717) is 16.7 Å². The molecule has 0 bridgehead atoms. The van der Waals surface area contributed by atoms with E-state index < -0.39 is 14.9 Å². The van der Waals surface area contributed by atoms with Gasteiger partial charge >= 0.3 is 0 Å². The average molecular weight is 435 g/mol. The molecule has 2 N–H and O–H groups in total. The summed E-state index contributed by atoms with van der Waals surface area (Å²) < 4.78 is 27.5. The first-order chi connectivity index (χ1) is 11.3. The number of sulfonamides is 1. The highest BCUT2D eigenvalue weighted by molar-refractivity contribution is 9.10. The van der Waals surface area contributed by atoms with Gasteiger partial charge in [-0.1, -0.05) is 27.5 Å². The number of halogens is 2. The molecule has 0 aliphatic rings. The molecular weight excluding hydrogens is 422 g/mol. The van der Waals surface area contributed by atoms with E-state index in [0.717, 1.165) is 0 Å². The molecule has 128 valence electrons. The summed E-state index contributed by atoms with van der Waals surface area (Å²) in [6, 6.07) is 10.4. The fraction of sp³-hybridized carbons (Fsp3) is 0.143. The SMILES string of the molecule is O=[N+]([O-])c1ccc(NCCNS(=O)(=O)c2ccc(Br)cc2Cl)cc1. The van der Waals surface area contributed by atoms with Crippen LogP contribution in [0.1, 0.15) is 0 Å². The number of rotatable bonds is 7. The summed E-state index contributed by atoms with van der Waals surface area (Å²) in [6.07, 6.45) is 0. The fourth-order valence-electron chi connectivity index (χ4n) is 1.86. The van der Waals surface area contributed by atoms with E-state index in [9.17, 15) is 18.5 Å². The maximum Gasteiger partial charge on any atom is 0.269 e. The first-order valence-electron chi connectivity index (χ1n) is 6.72. The minimum Gasteiger partial charge on any atom is -0.384 e. The third-order valence-electron chi connectivity index (χ3n) is 3.01. The minimum atomic E-state index is -3.71. The lowest BCUT2D eigenvalue weighted by Gasteiger charge is -2.10. The van der Waals surface area contributed by atoms with Crippen LogP contribution in [0.4, 0.5) is 11.4 Å². The van der Waals surface area contributed by atoms with Crippen molar-refractivity contribution in [2.24, 2.45) is 0 Å². The summed E-state index contributed by atoms with van der Waals surface area (Å²) in [5.41, 5.74) is 0.646. The van der Waals surface area contributed by atoms with Crippen molar-refractivity contribution in [2.75, 3.05) is 18.4 Å². The number of nitro groups is 1. The highest BCUT2D eigenvalue weighted by Crippen LogP contribution is 2.24. The molecule has 0 spiro atoms. The van der Waals surface area contributed by atoms with Crippen LogP contribution in [0.3, 0.4) is 0 Å². The average Bonchev–Trinajstić information content (AvgIpc) is 2.51. The molecule has 0 aliphatic heterocycles. The van der Waals surface area contributed by atoms with E-state index in [1.165, 1.54) is 24.3 Å². The Labute approximate surface area is 152 Å². The van der Waals surface area contributed by atoms with E-state index in [1.54, 1.807) is 18.2 Å². The molecular formula is C14H13BrClN3O4S. The fourth-order valence-corrected chi connectivity index (χ4v) is 3.93. The molecule has 0 amide bonds. The first kappa shape index (κ1) is 18.7. The quantitative estimate of drug-likeness (QED) is 0.395. The number of non-ortho nitro benzene ring substituents is 1. The molecule has 0 aliphatic carbocycles. The van der Waals surface area contributed by atoms with Crippen LogP contribution in [-0.4, -0.2) is 26.4 Å². The summed E-state index contributed by atoms with van der Waals surface area (Å²) >= 11 is 9.16. The molecule has 0 unspecified atom stereocenters. The van der Waals surface area contributed by atoms with Gasteiger partial charge in [0.15, 0.2) is 0 Å². The van der Waals surface area contributed by atoms with Crippen LogP contribution in [-0.2, 0) is 10.0 Å². The highest BCUT2D eigenvalue weighted by Gasteiger charge is 2.17. The Morgan fingerprint density at radius 1 is 1.12 bits per heavy atom. The molecule has 0 radical (unpaired) electrons. The molecule has 10 heteroatoms. The van der Waals surface area contributed by atoms with Gasteiger partial charge in [-0.3, -0.25) is 10.1 Å². The molecule has 0 aromatic heterocycles. The van der Waals surface area contributed by atoms with Gasteiger partial charge in [0.05, 0.1) is 9.95 Å². The Bertz CT molecular complexity index is 844. The zero-order valence-electron chi connectivity index (χ0n) is 12.2. The molecule has 2 rings (SSSR count). The zero-order chi connectivity index (χ0) is 17.7. The molecule has 7 nitrogen and oxygen atoms in total. The van der Waals surface area contributed by atoms with E-state index in [4.69, 9.17) is 11.6 Å². The third kappa shape index (κ3) is 4.91. The summed E-state index contributed by atoms with van der Waals surface area (Å²) in [7, 11) is -3.71.